The molecule has 0 amide bonds. The maximum absolute atomic E-state index is 11.4. The Kier molecular flexibility index (Phi) is 4.20. The minimum atomic E-state index is -3.46. The Labute approximate surface area is 85.9 Å². The highest BCUT2D eigenvalue weighted by Crippen LogP contribution is 2.47. The van der Waals surface area contributed by atoms with Gasteiger partial charge in [-0.15, -0.1) is 0 Å². The van der Waals surface area contributed by atoms with Crippen LogP contribution in [0.25, 0.3) is 0 Å². The second-order valence-electron chi connectivity index (χ2n) is 3.83. The van der Waals surface area contributed by atoms with E-state index in [1.54, 1.807) is 13.8 Å². The summed E-state index contributed by atoms with van der Waals surface area (Å²) in [5.74, 6) is 0. The molecule has 0 saturated carbocycles. The van der Waals surface area contributed by atoms with Gasteiger partial charge in [0.05, 0.1) is 18.4 Å². The van der Waals surface area contributed by atoms with Crippen molar-refractivity contribution in [2.75, 3.05) is 6.61 Å². The molecule has 1 heterocycles. The molecule has 0 bridgehead atoms. The van der Waals surface area contributed by atoms with Gasteiger partial charge < -0.3 is 14.2 Å². The Morgan fingerprint density at radius 2 is 2.29 bits per heavy atom. The molecule has 1 rings (SSSR count). The SMILES string of the molecule is [B]C1CCC(COP(=O)(O)C(C)C)O1. The molecule has 1 aliphatic rings. The van der Waals surface area contributed by atoms with Crippen LogP contribution in [0, 0.1) is 0 Å². The number of hydrogen-bond acceptors (Lipinski definition) is 3. The zero-order chi connectivity index (χ0) is 10.8. The molecule has 0 aromatic rings. The maximum atomic E-state index is 11.4. The van der Waals surface area contributed by atoms with Gasteiger partial charge in [0.2, 0.25) is 0 Å². The van der Waals surface area contributed by atoms with Crippen LogP contribution >= 0.6 is 7.60 Å². The molecule has 3 unspecified atom stereocenters. The molecule has 1 saturated heterocycles. The fourth-order valence-electron chi connectivity index (χ4n) is 1.20. The number of ether oxygens (including phenoxy) is 1. The first-order valence-electron chi connectivity index (χ1n) is 4.80. The summed E-state index contributed by atoms with van der Waals surface area (Å²) < 4.78 is 21.6. The smallest absolute Gasteiger partial charge is 0.330 e. The lowest BCUT2D eigenvalue weighted by Crippen LogP contribution is -2.17. The predicted molar refractivity (Wildman–Crippen MR) is 54.6 cm³/mol. The van der Waals surface area contributed by atoms with Crippen molar-refractivity contribution >= 4 is 15.4 Å². The summed E-state index contributed by atoms with van der Waals surface area (Å²) >= 11 is 0. The standard InChI is InChI=1S/C8H16BO4P/c1-6(2)14(10,11)12-5-7-3-4-8(9)13-7/h6-8H,3-5H2,1-2H3,(H,10,11). The van der Waals surface area contributed by atoms with Gasteiger partial charge in [-0.25, -0.2) is 0 Å². The van der Waals surface area contributed by atoms with Gasteiger partial charge in [-0.2, -0.15) is 0 Å². The third-order valence-corrected chi connectivity index (χ3v) is 4.06. The number of hydrogen-bond donors (Lipinski definition) is 1. The first-order chi connectivity index (χ1) is 6.42. The lowest BCUT2D eigenvalue weighted by atomic mass is 9.97. The minimum Gasteiger partial charge on any atom is -0.382 e. The van der Waals surface area contributed by atoms with Crippen LogP contribution in [0.15, 0.2) is 0 Å². The second kappa shape index (κ2) is 4.80. The van der Waals surface area contributed by atoms with E-state index in [1.807, 2.05) is 0 Å². The molecular formula is C8H16BO4P. The van der Waals surface area contributed by atoms with E-state index in [2.05, 4.69) is 0 Å². The summed E-state index contributed by atoms with van der Waals surface area (Å²) in [6, 6.07) is -0.249. The molecule has 6 heteroatoms. The molecule has 1 N–H and O–H groups in total. The van der Waals surface area contributed by atoms with Crippen molar-refractivity contribution in [2.24, 2.45) is 0 Å². The summed E-state index contributed by atoms with van der Waals surface area (Å²) in [6.45, 7) is 3.46. The van der Waals surface area contributed by atoms with Crippen molar-refractivity contribution < 1.29 is 18.7 Å². The third-order valence-electron chi connectivity index (χ3n) is 2.24. The molecule has 0 aromatic carbocycles. The lowest BCUT2D eigenvalue weighted by Gasteiger charge is -2.18. The molecular weight excluding hydrogens is 202 g/mol. The van der Waals surface area contributed by atoms with E-state index in [0.29, 0.717) is 0 Å². The van der Waals surface area contributed by atoms with Crippen molar-refractivity contribution in [1.82, 2.24) is 0 Å². The van der Waals surface area contributed by atoms with E-state index in [-0.39, 0.29) is 24.4 Å². The van der Waals surface area contributed by atoms with E-state index in [1.165, 1.54) is 0 Å². The summed E-state index contributed by atoms with van der Waals surface area (Å²) in [6.07, 6.45) is 1.44. The molecule has 3 atom stereocenters. The summed E-state index contributed by atoms with van der Waals surface area (Å²) in [5, 5.41) is 0. The topological polar surface area (TPSA) is 55.8 Å². The van der Waals surface area contributed by atoms with Crippen molar-refractivity contribution in [1.29, 1.82) is 0 Å². The molecule has 4 nitrogen and oxygen atoms in total. The summed E-state index contributed by atoms with van der Waals surface area (Å²) in [4.78, 5) is 9.36. The van der Waals surface area contributed by atoms with E-state index < -0.39 is 7.60 Å². The van der Waals surface area contributed by atoms with Crippen molar-refractivity contribution in [3.63, 3.8) is 0 Å². The van der Waals surface area contributed by atoms with Crippen LogP contribution in [0.2, 0.25) is 0 Å². The summed E-state index contributed by atoms with van der Waals surface area (Å²) in [5.41, 5.74) is -0.377. The molecule has 0 aliphatic carbocycles. The van der Waals surface area contributed by atoms with Gasteiger partial charge in [0.15, 0.2) is 0 Å². The Morgan fingerprint density at radius 1 is 1.64 bits per heavy atom. The largest absolute Gasteiger partial charge is 0.382 e. The monoisotopic (exact) mass is 218 g/mol. The Bertz CT molecular complexity index is 233. The molecule has 0 spiro atoms. The van der Waals surface area contributed by atoms with Crippen LogP contribution in [0.4, 0.5) is 0 Å². The Hall–Kier alpha value is 0.175. The maximum Gasteiger partial charge on any atom is 0.330 e. The van der Waals surface area contributed by atoms with Crippen molar-refractivity contribution in [3.05, 3.63) is 0 Å². The van der Waals surface area contributed by atoms with Gasteiger partial charge in [-0.1, -0.05) is 13.8 Å². The fraction of sp³-hybridized carbons (Fsp3) is 1.00. The zero-order valence-electron chi connectivity index (χ0n) is 8.55. The van der Waals surface area contributed by atoms with Crippen LogP contribution in [0.1, 0.15) is 26.7 Å². The Morgan fingerprint density at radius 3 is 2.71 bits per heavy atom. The molecule has 2 radical (unpaired) electrons. The van der Waals surface area contributed by atoms with Crippen LogP contribution in [0.5, 0.6) is 0 Å². The highest BCUT2D eigenvalue weighted by atomic mass is 31.2. The first kappa shape index (κ1) is 12.2. The highest BCUT2D eigenvalue weighted by Gasteiger charge is 2.28. The molecule has 14 heavy (non-hydrogen) atoms. The molecule has 80 valence electrons. The van der Waals surface area contributed by atoms with Gasteiger partial charge in [0, 0.05) is 6.00 Å². The van der Waals surface area contributed by atoms with Gasteiger partial charge in [-0.05, 0) is 12.8 Å². The van der Waals surface area contributed by atoms with E-state index >= 15 is 0 Å². The second-order valence-corrected chi connectivity index (χ2v) is 6.25. The van der Waals surface area contributed by atoms with Gasteiger partial charge in [-0.3, -0.25) is 4.57 Å². The van der Waals surface area contributed by atoms with E-state index in [9.17, 15) is 9.46 Å². The average Bonchev–Trinajstić information content (AvgIpc) is 2.48. The zero-order valence-corrected chi connectivity index (χ0v) is 9.44. The molecule has 1 aliphatic heterocycles. The minimum absolute atomic E-state index is 0.135. The quantitative estimate of drug-likeness (QED) is 0.570. The van der Waals surface area contributed by atoms with E-state index in [4.69, 9.17) is 17.1 Å². The lowest BCUT2D eigenvalue weighted by molar-refractivity contribution is 0.0469. The highest BCUT2D eigenvalue weighted by molar-refractivity contribution is 7.53. The third kappa shape index (κ3) is 3.39. The van der Waals surface area contributed by atoms with Crippen molar-refractivity contribution in [3.8, 4) is 0 Å². The van der Waals surface area contributed by atoms with Gasteiger partial charge in [0.25, 0.3) is 0 Å². The average molecular weight is 218 g/mol. The van der Waals surface area contributed by atoms with Crippen LogP contribution in [-0.2, 0) is 13.8 Å². The molecule has 0 aromatic heterocycles. The van der Waals surface area contributed by atoms with Gasteiger partial charge in [0.1, 0.15) is 7.85 Å². The predicted octanol–water partition coefficient (Wildman–Crippen LogP) is 1.27. The fourth-order valence-corrected chi connectivity index (χ4v) is 1.87. The van der Waals surface area contributed by atoms with Crippen LogP contribution in [0.3, 0.4) is 0 Å². The van der Waals surface area contributed by atoms with E-state index in [0.717, 1.165) is 12.8 Å². The van der Waals surface area contributed by atoms with Gasteiger partial charge >= 0.3 is 7.60 Å². The number of rotatable bonds is 4. The normalized spacial score (nSPS) is 32.0. The van der Waals surface area contributed by atoms with Crippen LogP contribution < -0.4 is 0 Å². The summed E-state index contributed by atoms with van der Waals surface area (Å²) in [7, 11) is 2.06. The first-order valence-corrected chi connectivity index (χ1v) is 6.44. The Balaban J connectivity index is 2.30. The molecule has 1 fully saturated rings. The van der Waals surface area contributed by atoms with Crippen molar-refractivity contribution in [2.45, 2.75) is 44.5 Å². The van der Waals surface area contributed by atoms with Crippen LogP contribution in [-0.4, -0.2) is 37.1 Å².